The summed E-state index contributed by atoms with van der Waals surface area (Å²) in [5.74, 6) is 0.577. The molecule has 1 nitrogen and oxygen atoms in total. The van der Waals surface area contributed by atoms with Crippen molar-refractivity contribution in [3.63, 3.8) is 0 Å². The van der Waals surface area contributed by atoms with Gasteiger partial charge >= 0.3 is 0 Å². The second-order valence-corrected chi connectivity index (χ2v) is 12.0. The Hall–Kier alpha value is -4.10. The molecule has 0 aliphatic heterocycles. The molecule has 1 aromatic heterocycles. The summed E-state index contributed by atoms with van der Waals surface area (Å²) >= 11 is 0. The first-order valence-electron chi connectivity index (χ1n) is 15.5. The third-order valence-corrected chi connectivity index (χ3v) is 8.16. The lowest BCUT2D eigenvalue weighted by Crippen LogP contribution is -2.40. The predicted octanol–water partition coefficient (Wildman–Crippen LogP) is 7.99. The summed E-state index contributed by atoms with van der Waals surface area (Å²) in [5.41, 5.74) is 12.8. The zero-order valence-corrected chi connectivity index (χ0v) is 25.9. The van der Waals surface area contributed by atoms with Gasteiger partial charge in [0.25, 0.3) is 0 Å². The molecular formula is C41H44O. The molecule has 1 heterocycles. The van der Waals surface area contributed by atoms with Crippen molar-refractivity contribution in [3.05, 3.63) is 146 Å². The molecule has 42 heavy (non-hydrogen) atoms. The molecule has 3 aromatic carbocycles. The fraction of sp³-hybridized carbons (Fsp3) is 0.268. The molecular weight excluding hydrogens is 508 g/mol. The number of benzene rings is 3. The highest BCUT2D eigenvalue weighted by atomic mass is 16.3. The average Bonchev–Trinajstić information content (AvgIpc) is 3.38. The third kappa shape index (κ3) is 7.39. The maximum Gasteiger partial charge on any atom is 0.138 e. The first kappa shape index (κ1) is 29.4. The second kappa shape index (κ2) is 13.7. The highest BCUT2D eigenvalue weighted by molar-refractivity contribution is 5.74. The van der Waals surface area contributed by atoms with Gasteiger partial charge in [-0.1, -0.05) is 132 Å². The molecule has 0 fully saturated rings. The topological polar surface area (TPSA) is 13.1 Å². The summed E-state index contributed by atoms with van der Waals surface area (Å²) in [6, 6.07) is 26.0. The summed E-state index contributed by atoms with van der Waals surface area (Å²) < 4.78 is 6.24. The molecule has 7 rings (SSSR count). The van der Waals surface area contributed by atoms with Crippen molar-refractivity contribution in [2.75, 3.05) is 0 Å². The minimum atomic E-state index is 0.577. The summed E-state index contributed by atoms with van der Waals surface area (Å²) in [4.78, 5) is 0. The van der Waals surface area contributed by atoms with Gasteiger partial charge < -0.3 is 4.42 Å². The maximum atomic E-state index is 6.24. The van der Waals surface area contributed by atoms with Crippen LogP contribution in [0.3, 0.4) is 0 Å². The Balaban J connectivity index is 0.000000143. The third-order valence-electron chi connectivity index (χ3n) is 8.16. The molecule has 1 atom stereocenters. The smallest absolute Gasteiger partial charge is 0.138 e. The number of aryl methyl sites for hydroxylation is 4. The lowest BCUT2D eigenvalue weighted by atomic mass is 9.95. The Morgan fingerprint density at radius 3 is 1.74 bits per heavy atom. The van der Waals surface area contributed by atoms with Crippen LogP contribution in [0, 0.1) is 33.6 Å². The van der Waals surface area contributed by atoms with Gasteiger partial charge in [0.05, 0.1) is 0 Å². The first-order valence-corrected chi connectivity index (χ1v) is 15.5. The van der Waals surface area contributed by atoms with Gasteiger partial charge in [-0.3, -0.25) is 0 Å². The van der Waals surface area contributed by atoms with E-state index in [0.717, 1.165) is 30.1 Å². The van der Waals surface area contributed by atoms with E-state index in [0.29, 0.717) is 5.92 Å². The molecule has 1 unspecified atom stereocenters. The van der Waals surface area contributed by atoms with Crippen LogP contribution in [0.15, 0.2) is 95.4 Å². The van der Waals surface area contributed by atoms with E-state index >= 15 is 0 Å². The first-order chi connectivity index (χ1) is 20.4. The minimum Gasteiger partial charge on any atom is -0.456 e. The predicted molar refractivity (Wildman–Crippen MR) is 181 cm³/mol. The van der Waals surface area contributed by atoms with Crippen LogP contribution in [0.5, 0.6) is 0 Å². The monoisotopic (exact) mass is 552 g/mol. The zero-order chi connectivity index (χ0) is 29.5. The summed E-state index contributed by atoms with van der Waals surface area (Å²) in [6.45, 7) is 10.7. The normalized spacial score (nSPS) is 16.5. The molecule has 4 aromatic rings. The van der Waals surface area contributed by atoms with Crippen LogP contribution in [0.2, 0.25) is 0 Å². The zero-order valence-electron chi connectivity index (χ0n) is 25.9. The van der Waals surface area contributed by atoms with E-state index in [1.807, 2.05) is 0 Å². The molecule has 1 heteroatoms. The molecule has 0 N–H and O–H groups in total. The van der Waals surface area contributed by atoms with E-state index in [1.165, 1.54) is 67.8 Å². The summed E-state index contributed by atoms with van der Waals surface area (Å²) in [7, 11) is 0. The SMILES string of the molecule is Cc1ccc(C)cc1.Cc1ccc(C2=CCCC=C2)cc1.Cc1ccc(C2=c3oc4c(c3=CCC2)=CCC(C)C=4)cc1. The lowest BCUT2D eigenvalue weighted by Gasteiger charge is -2.08. The van der Waals surface area contributed by atoms with E-state index in [2.05, 4.69) is 144 Å². The Labute approximate surface area is 251 Å². The molecule has 0 saturated heterocycles. The van der Waals surface area contributed by atoms with Crippen molar-refractivity contribution in [2.24, 2.45) is 5.92 Å². The van der Waals surface area contributed by atoms with E-state index in [9.17, 15) is 0 Å². The van der Waals surface area contributed by atoms with E-state index < -0.39 is 0 Å². The molecule has 0 amide bonds. The molecule has 0 spiro atoms. The number of fused-ring (bicyclic) bond motifs is 3. The molecule has 0 saturated carbocycles. The van der Waals surface area contributed by atoms with Crippen molar-refractivity contribution in [3.8, 4) is 0 Å². The molecule has 0 bridgehead atoms. The van der Waals surface area contributed by atoms with Gasteiger partial charge in [0.1, 0.15) is 10.8 Å². The Kier molecular flexibility index (Phi) is 9.59. The van der Waals surface area contributed by atoms with Gasteiger partial charge in [-0.25, -0.2) is 0 Å². The number of furan rings is 1. The number of hydrogen-bond donors (Lipinski definition) is 0. The van der Waals surface area contributed by atoms with E-state index in [4.69, 9.17) is 4.42 Å². The molecule has 3 aliphatic carbocycles. The van der Waals surface area contributed by atoms with Gasteiger partial charge in [0, 0.05) is 16.0 Å². The van der Waals surface area contributed by atoms with Crippen LogP contribution in [0.4, 0.5) is 0 Å². The van der Waals surface area contributed by atoms with Gasteiger partial charge in [-0.05, 0) is 88.5 Å². The fourth-order valence-electron chi connectivity index (χ4n) is 5.58. The average molecular weight is 553 g/mol. The summed E-state index contributed by atoms with van der Waals surface area (Å²) in [6.07, 6.45) is 19.4. The number of rotatable bonds is 2. The minimum absolute atomic E-state index is 0.577. The van der Waals surface area contributed by atoms with Crippen LogP contribution in [-0.2, 0) is 0 Å². The van der Waals surface area contributed by atoms with Crippen molar-refractivity contribution in [1.29, 1.82) is 0 Å². The molecule has 214 valence electrons. The number of hydrogen-bond acceptors (Lipinski definition) is 1. The standard InChI is InChI=1S/C20H20O.C13H14.C8H10/c1-13-6-9-15(10-7-13)16-4-3-5-18-17-11-8-14(2)12-19(17)21-20(16)18;1-11-7-9-13(10-8-11)12-5-3-2-4-6-12;1-7-3-5-8(2)6-4-7/h5-7,9-12,14H,3-4,8H2,1-2H3;3,5-10H,2,4H2,1H3;3-6H,1-2H3. The van der Waals surface area contributed by atoms with Gasteiger partial charge in [0.2, 0.25) is 0 Å². The van der Waals surface area contributed by atoms with Gasteiger partial charge in [-0.2, -0.15) is 0 Å². The van der Waals surface area contributed by atoms with Crippen LogP contribution >= 0.6 is 0 Å². The Bertz CT molecular complexity index is 1790. The van der Waals surface area contributed by atoms with Gasteiger partial charge in [-0.15, -0.1) is 0 Å². The molecule has 3 aliphatic rings. The fourth-order valence-corrected chi connectivity index (χ4v) is 5.58. The van der Waals surface area contributed by atoms with Crippen molar-refractivity contribution in [1.82, 2.24) is 0 Å². The Morgan fingerprint density at radius 2 is 1.17 bits per heavy atom. The summed E-state index contributed by atoms with van der Waals surface area (Å²) in [5, 5.41) is 2.63. The van der Waals surface area contributed by atoms with E-state index in [-0.39, 0.29) is 0 Å². The van der Waals surface area contributed by atoms with Crippen LogP contribution in [-0.4, -0.2) is 0 Å². The van der Waals surface area contributed by atoms with Gasteiger partial charge in [0.15, 0.2) is 0 Å². The lowest BCUT2D eigenvalue weighted by molar-refractivity contribution is 0.488. The van der Waals surface area contributed by atoms with E-state index in [1.54, 1.807) is 0 Å². The van der Waals surface area contributed by atoms with Crippen LogP contribution in [0.1, 0.15) is 72.4 Å². The number of allylic oxidation sites excluding steroid dienone is 4. The second-order valence-electron chi connectivity index (χ2n) is 12.0. The largest absolute Gasteiger partial charge is 0.456 e. The van der Waals surface area contributed by atoms with Crippen LogP contribution < -0.4 is 21.3 Å². The highest BCUT2D eigenvalue weighted by Gasteiger charge is 2.14. The molecule has 0 radical (unpaired) electrons. The van der Waals surface area contributed by atoms with Crippen molar-refractivity contribution < 1.29 is 4.42 Å². The Morgan fingerprint density at radius 1 is 0.595 bits per heavy atom. The maximum absolute atomic E-state index is 6.24. The van der Waals surface area contributed by atoms with Crippen molar-refractivity contribution in [2.45, 2.75) is 66.7 Å². The highest BCUT2D eigenvalue weighted by Crippen LogP contribution is 2.21. The van der Waals surface area contributed by atoms with Crippen LogP contribution in [0.25, 0.3) is 29.4 Å². The quantitative estimate of drug-likeness (QED) is 0.246. The van der Waals surface area contributed by atoms with Crippen molar-refractivity contribution >= 4 is 29.4 Å².